The number of rotatable bonds is 7. The first kappa shape index (κ1) is 16.5. The van der Waals surface area contributed by atoms with Gasteiger partial charge < -0.3 is 5.73 Å². The summed E-state index contributed by atoms with van der Waals surface area (Å²) in [4.78, 5) is -0.0157. The Morgan fingerprint density at radius 3 is 2.65 bits per heavy atom. The Balaban J connectivity index is 2.68. The first-order valence-corrected chi connectivity index (χ1v) is 8.14. The normalized spacial score (nSPS) is 11.5. The maximum absolute atomic E-state index is 12.1. The van der Waals surface area contributed by atoms with Crippen LogP contribution >= 0.6 is 0 Å². The largest absolute Gasteiger partial charge is 0.399 e. The Kier molecular flexibility index (Phi) is 5.99. The molecule has 3 N–H and O–H groups in total. The van der Waals surface area contributed by atoms with E-state index in [1.54, 1.807) is 0 Å². The van der Waals surface area contributed by atoms with Crippen LogP contribution in [0.5, 0.6) is 0 Å². The van der Waals surface area contributed by atoms with Crippen LogP contribution in [0.15, 0.2) is 23.1 Å². The third kappa shape index (κ3) is 4.83. The molecule has 1 aromatic carbocycles. The Morgan fingerprint density at radius 1 is 1.35 bits per heavy atom. The summed E-state index contributed by atoms with van der Waals surface area (Å²) >= 11 is 0. The third-order valence-corrected chi connectivity index (χ3v) is 4.43. The molecule has 0 aliphatic rings. The summed E-state index contributed by atoms with van der Waals surface area (Å²) in [6.07, 6.45) is 2.84. The standard InChI is InChI=1S/C14H21N3O2S/c1-11(2)5-3-4-8-17-20(18,19)14-7-6-13(16)9-12(14)10-15/h6-7,9,11,17H,3-5,8,16H2,1-2H3. The minimum Gasteiger partial charge on any atom is -0.399 e. The van der Waals surface area contributed by atoms with Gasteiger partial charge in [-0.3, -0.25) is 0 Å². The first-order chi connectivity index (χ1) is 9.36. The molecule has 1 aromatic rings. The summed E-state index contributed by atoms with van der Waals surface area (Å²) in [7, 11) is -3.65. The van der Waals surface area contributed by atoms with E-state index in [1.807, 2.05) is 6.07 Å². The van der Waals surface area contributed by atoms with E-state index in [1.165, 1.54) is 18.2 Å². The van der Waals surface area contributed by atoms with E-state index in [9.17, 15) is 8.42 Å². The highest BCUT2D eigenvalue weighted by molar-refractivity contribution is 7.89. The van der Waals surface area contributed by atoms with Crippen molar-refractivity contribution in [1.82, 2.24) is 4.72 Å². The lowest BCUT2D eigenvalue weighted by Crippen LogP contribution is -2.25. The smallest absolute Gasteiger partial charge is 0.241 e. The van der Waals surface area contributed by atoms with Crippen LogP contribution in [0.4, 0.5) is 5.69 Å². The average molecular weight is 295 g/mol. The summed E-state index contributed by atoms with van der Waals surface area (Å²) in [5.41, 5.74) is 5.99. The highest BCUT2D eigenvalue weighted by Gasteiger charge is 2.18. The predicted octanol–water partition coefficient (Wildman–Crippen LogP) is 2.25. The molecule has 0 saturated carbocycles. The van der Waals surface area contributed by atoms with Crippen LogP contribution in [0.2, 0.25) is 0 Å². The molecule has 0 aliphatic heterocycles. The molecule has 0 atom stereocenters. The van der Waals surface area contributed by atoms with Gasteiger partial charge in [-0.2, -0.15) is 5.26 Å². The van der Waals surface area contributed by atoms with Gasteiger partial charge in [0, 0.05) is 12.2 Å². The van der Waals surface area contributed by atoms with Gasteiger partial charge in [-0.25, -0.2) is 13.1 Å². The van der Waals surface area contributed by atoms with Crippen molar-refractivity contribution in [3.8, 4) is 6.07 Å². The van der Waals surface area contributed by atoms with Gasteiger partial charge in [-0.05, 0) is 30.5 Å². The number of hydrogen-bond donors (Lipinski definition) is 2. The molecule has 1 rings (SSSR count). The second-order valence-corrected chi connectivity index (χ2v) is 6.89. The average Bonchev–Trinajstić information content (AvgIpc) is 2.37. The number of nitriles is 1. The van der Waals surface area contributed by atoms with E-state index in [0.717, 1.165) is 19.3 Å². The first-order valence-electron chi connectivity index (χ1n) is 6.66. The molecule has 5 nitrogen and oxygen atoms in total. The van der Waals surface area contributed by atoms with E-state index in [2.05, 4.69) is 18.6 Å². The Bertz CT molecular complexity index is 589. The fourth-order valence-electron chi connectivity index (χ4n) is 1.83. The molecule has 0 saturated heterocycles. The topological polar surface area (TPSA) is 96.0 Å². The van der Waals surface area contributed by atoms with Crippen LogP contribution in [-0.4, -0.2) is 15.0 Å². The van der Waals surface area contributed by atoms with E-state index in [-0.39, 0.29) is 10.5 Å². The summed E-state index contributed by atoms with van der Waals surface area (Å²) in [5, 5.41) is 8.98. The van der Waals surface area contributed by atoms with Gasteiger partial charge in [-0.1, -0.05) is 26.7 Å². The number of anilines is 1. The van der Waals surface area contributed by atoms with Gasteiger partial charge in [0.05, 0.1) is 10.5 Å². The van der Waals surface area contributed by atoms with Gasteiger partial charge in [0.15, 0.2) is 0 Å². The van der Waals surface area contributed by atoms with Crippen molar-refractivity contribution in [2.75, 3.05) is 12.3 Å². The molecule has 0 radical (unpaired) electrons. The van der Waals surface area contributed by atoms with Crippen LogP contribution in [-0.2, 0) is 10.0 Å². The van der Waals surface area contributed by atoms with Crippen LogP contribution in [0.25, 0.3) is 0 Å². The second kappa shape index (κ2) is 7.27. The molecule has 0 fully saturated rings. The van der Waals surface area contributed by atoms with Crippen molar-refractivity contribution >= 4 is 15.7 Å². The maximum Gasteiger partial charge on any atom is 0.241 e. The summed E-state index contributed by atoms with van der Waals surface area (Å²) in [5.74, 6) is 0.619. The second-order valence-electron chi connectivity index (χ2n) is 5.15. The lowest BCUT2D eigenvalue weighted by Gasteiger charge is -2.09. The van der Waals surface area contributed by atoms with Crippen molar-refractivity contribution in [2.24, 2.45) is 5.92 Å². The van der Waals surface area contributed by atoms with E-state index in [4.69, 9.17) is 11.0 Å². The van der Waals surface area contributed by atoms with Crippen LogP contribution in [0.1, 0.15) is 38.7 Å². The molecule has 20 heavy (non-hydrogen) atoms. The van der Waals surface area contributed by atoms with Gasteiger partial charge in [0.1, 0.15) is 6.07 Å². The van der Waals surface area contributed by atoms with Crippen molar-refractivity contribution in [3.05, 3.63) is 23.8 Å². The predicted molar refractivity (Wildman–Crippen MR) is 79.4 cm³/mol. The SMILES string of the molecule is CC(C)CCCCNS(=O)(=O)c1ccc(N)cc1C#N. The van der Waals surface area contributed by atoms with Crippen molar-refractivity contribution < 1.29 is 8.42 Å². The number of sulfonamides is 1. The van der Waals surface area contributed by atoms with E-state index < -0.39 is 10.0 Å². The van der Waals surface area contributed by atoms with Crippen molar-refractivity contribution in [1.29, 1.82) is 5.26 Å². The van der Waals surface area contributed by atoms with Crippen molar-refractivity contribution in [3.63, 3.8) is 0 Å². The maximum atomic E-state index is 12.1. The molecular weight excluding hydrogens is 274 g/mol. The fourth-order valence-corrected chi connectivity index (χ4v) is 3.04. The molecule has 0 bridgehead atoms. The zero-order chi connectivity index (χ0) is 15.2. The minimum absolute atomic E-state index is 0.0157. The molecule has 110 valence electrons. The highest BCUT2D eigenvalue weighted by atomic mass is 32.2. The number of nitrogens with one attached hydrogen (secondary N) is 1. The fraction of sp³-hybridized carbons (Fsp3) is 0.500. The molecule has 0 spiro atoms. The third-order valence-electron chi connectivity index (χ3n) is 2.91. The van der Waals surface area contributed by atoms with Crippen molar-refractivity contribution in [2.45, 2.75) is 38.0 Å². The van der Waals surface area contributed by atoms with E-state index >= 15 is 0 Å². The van der Waals surface area contributed by atoms with Gasteiger partial charge in [0.25, 0.3) is 0 Å². The Hall–Kier alpha value is -1.58. The van der Waals surface area contributed by atoms with Crippen LogP contribution in [0.3, 0.4) is 0 Å². The number of nitrogen functional groups attached to an aromatic ring is 1. The highest BCUT2D eigenvalue weighted by Crippen LogP contribution is 2.18. The number of benzene rings is 1. The van der Waals surface area contributed by atoms with Gasteiger partial charge in [-0.15, -0.1) is 0 Å². The summed E-state index contributed by atoms with van der Waals surface area (Å²) in [6, 6.07) is 6.07. The minimum atomic E-state index is -3.65. The molecule has 0 unspecified atom stereocenters. The lowest BCUT2D eigenvalue weighted by molar-refractivity contribution is 0.530. The zero-order valence-electron chi connectivity index (χ0n) is 11.9. The van der Waals surface area contributed by atoms with Crippen LogP contribution < -0.4 is 10.5 Å². The zero-order valence-corrected chi connectivity index (χ0v) is 12.7. The molecule has 0 aromatic heterocycles. The summed E-state index contributed by atoms with van der Waals surface area (Å²) in [6.45, 7) is 4.65. The molecule has 6 heteroatoms. The number of nitrogens with two attached hydrogens (primary N) is 1. The molecule has 0 aliphatic carbocycles. The lowest BCUT2D eigenvalue weighted by atomic mass is 10.1. The van der Waals surface area contributed by atoms with E-state index in [0.29, 0.717) is 18.2 Å². The number of hydrogen-bond acceptors (Lipinski definition) is 4. The quantitative estimate of drug-likeness (QED) is 0.595. The van der Waals surface area contributed by atoms with Gasteiger partial charge in [0.2, 0.25) is 10.0 Å². The number of unbranched alkanes of at least 4 members (excludes halogenated alkanes) is 1. The molecule has 0 amide bonds. The summed E-state index contributed by atoms with van der Waals surface area (Å²) < 4.78 is 26.8. The number of nitrogens with zero attached hydrogens (tertiary/aromatic N) is 1. The Labute approximate surface area is 120 Å². The van der Waals surface area contributed by atoms with Gasteiger partial charge >= 0.3 is 0 Å². The monoisotopic (exact) mass is 295 g/mol. The Morgan fingerprint density at radius 2 is 2.05 bits per heavy atom. The van der Waals surface area contributed by atoms with Crippen LogP contribution in [0, 0.1) is 17.2 Å². The molecular formula is C14H21N3O2S. The molecule has 0 heterocycles.